The first-order valence-electron chi connectivity index (χ1n) is 8.95. The van der Waals surface area contributed by atoms with Gasteiger partial charge in [0.1, 0.15) is 13.3 Å². The fourth-order valence-corrected chi connectivity index (χ4v) is 3.82. The Kier molecular flexibility index (Phi) is 3.87. The first-order chi connectivity index (χ1) is 12.5. The molecule has 3 aromatic carbocycles. The van der Waals surface area contributed by atoms with Gasteiger partial charge in [-0.1, -0.05) is 48.5 Å². The number of hydrogen-bond donors (Lipinski definition) is 0. The third-order valence-electron chi connectivity index (χ3n) is 5.40. The van der Waals surface area contributed by atoms with E-state index in [0.717, 1.165) is 5.69 Å². The van der Waals surface area contributed by atoms with E-state index in [4.69, 9.17) is 5.10 Å². The molecule has 0 aliphatic carbocycles. The summed E-state index contributed by atoms with van der Waals surface area (Å²) >= 11 is 0. The van der Waals surface area contributed by atoms with E-state index in [1.807, 2.05) is 18.3 Å². The van der Waals surface area contributed by atoms with Crippen molar-refractivity contribution in [2.75, 3.05) is 19.1 Å². The van der Waals surface area contributed by atoms with Gasteiger partial charge < -0.3 is 0 Å². The highest BCUT2D eigenvalue weighted by molar-refractivity contribution is 6.33. The SMILES string of the molecule is CN(N=CC1=[N+](C)c2ccccc2C1(C)C)c1ccc2ccccc2c1. The van der Waals surface area contributed by atoms with Gasteiger partial charge in [-0.3, -0.25) is 5.01 Å². The molecule has 0 saturated carbocycles. The van der Waals surface area contributed by atoms with E-state index in [-0.39, 0.29) is 5.41 Å². The van der Waals surface area contributed by atoms with E-state index in [9.17, 15) is 0 Å². The maximum Gasteiger partial charge on any atom is 0.212 e. The van der Waals surface area contributed by atoms with Crippen molar-refractivity contribution in [3.63, 3.8) is 0 Å². The van der Waals surface area contributed by atoms with Crippen molar-refractivity contribution >= 4 is 34.1 Å². The summed E-state index contributed by atoms with van der Waals surface area (Å²) in [4.78, 5) is 0. The lowest BCUT2D eigenvalue weighted by atomic mass is 9.82. The number of benzene rings is 3. The Morgan fingerprint density at radius 1 is 0.923 bits per heavy atom. The summed E-state index contributed by atoms with van der Waals surface area (Å²) < 4.78 is 2.24. The Hall–Kier alpha value is -2.94. The van der Waals surface area contributed by atoms with Crippen LogP contribution in [0.5, 0.6) is 0 Å². The molecule has 0 amide bonds. The van der Waals surface area contributed by atoms with Gasteiger partial charge in [-0.15, -0.1) is 0 Å². The zero-order valence-electron chi connectivity index (χ0n) is 15.8. The van der Waals surface area contributed by atoms with Gasteiger partial charge in [0.2, 0.25) is 11.4 Å². The lowest BCUT2D eigenvalue weighted by Gasteiger charge is -2.17. The lowest BCUT2D eigenvalue weighted by molar-refractivity contribution is -0.400. The van der Waals surface area contributed by atoms with Gasteiger partial charge in [0, 0.05) is 18.7 Å². The molecule has 26 heavy (non-hydrogen) atoms. The van der Waals surface area contributed by atoms with E-state index in [0.29, 0.717) is 0 Å². The van der Waals surface area contributed by atoms with E-state index >= 15 is 0 Å². The van der Waals surface area contributed by atoms with E-state index < -0.39 is 0 Å². The molecule has 4 rings (SSSR count). The second-order valence-corrected chi connectivity index (χ2v) is 7.39. The van der Waals surface area contributed by atoms with Gasteiger partial charge in [0.25, 0.3) is 0 Å². The maximum absolute atomic E-state index is 4.74. The fraction of sp³-hybridized carbons (Fsp3) is 0.217. The van der Waals surface area contributed by atoms with Crippen molar-refractivity contribution in [2.45, 2.75) is 19.3 Å². The van der Waals surface area contributed by atoms with Crippen LogP contribution in [0.1, 0.15) is 19.4 Å². The molecule has 0 saturated heterocycles. The number of hydrogen-bond acceptors (Lipinski definition) is 2. The summed E-state index contributed by atoms with van der Waals surface area (Å²) in [7, 11) is 4.11. The first kappa shape index (κ1) is 16.5. The molecule has 0 aromatic heterocycles. The van der Waals surface area contributed by atoms with Gasteiger partial charge in [0.15, 0.2) is 0 Å². The molecule has 3 heteroatoms. The second-order valence-electron chi connectivity index (χ2n) is 7.39. The minimum Gasteiger partial charge on any atom is -0.268 e. The van der Waals surface area contributed by atoms with Gasteiger partial charge >= 0.3 is 0 Å². The summed E-state index contributed by atoms with van der Waals surface area (Å²) in [6.45, 7) is 4.51. The highest BCUT2D eigenvalue weighted by Gasteiger charge is 2.43. The molecule has 1 heterocycles. The first-order valence-corrected chi connectivity index (χ1v) is 8.95. The molecule has 1 aliphatic rings. The van der Waals surface area contributed by atoms with Crippen molar-refractivity contribution in [2.24, 2.45) is 5.10 Å². The molecular formula is C23H24N3+. The molecule has 130 valence electrons. The molecule has 0 bridgehead atoms. The Labute approximate surface area is 154 Å². The normalized spacial score (nSPS) is 15.7. The van der Waals surface area contributed by atoms with E-state index in [1.165, 1.54) is 27.7 Å². The topological polar surface area (TPSA) is 18.6 Å². The number of anilines is 1. The van der Waals surface area contributed by atoms with Crippen LogP contribution in [0.25, 0.3) is 10.8 Å². The van der Waals surface area contributed by atoms with Crippen LogP contribution >= 0.6 is 0 Å². The molecule has 0 radical (unpaired) electrons. The monoisotopic (exact) mass is 342 g/mol. The highest BCUT2D eigenvalue weighted by atomic mass is 15.4. The predicted octanol–water partition coefficient (Wildman–Crippen LogP) is 4.97. The average molecular weight is 342 g/mol. The molecule has 3 nitrogen and oxygen atoms in total. The van der Waals surface area contributed by atoms with Gasteiger partial charge in [-0.25, -0.2) is 0 Å². The van der Waals surface area contributed by atoms with Crippen LogP contribution < -0.4 is 5.01 Å². The zero-order chi connectivity index (χ0) is 18.3. The van der Waals surface area contributed by atoms with Crippen LogP contribution in [0, 0.1) is 0 Å². The Morgan fingerprint density at radius 3 is 2.38 bits per heavy atom. The summed E-state index contributed by atoms with van der Waals surface area (Å²) in [6, 6.07) is 23.4. The zero-order valence-corrected chi connectivity index (χ0v) is 15.8. The van der Waals surface area contributed by atoms with Crippen molar-refractivity contribution in [3.05, 3.63) is 72.3 Å². The third kappa shape index (κ3) is 2.60. The largest absolute Gasteiger partial charge is 0.268 e. The Balaban J connectivity index is 1.66. The molecule has 0 N–H and O–H groups in total. The highest BCUT2D eigenvalue weighted by Crippen LogP contribution is 2.38. The van der Waals surface area contributed by atoms with Crippen molar-refractivity contribution in [1.82, 2.24) is 0 Å². The molecule has 0 fully saturated rings. The Bertz CT molecular complexity index is 1040. The number of hydrazone groups is 1. The van der Waals surface area contributed by atoms with Crippen molar-refractivity contribution in [1.29, 1.82) is 0 Å². The predicted molar refractivity (Wildman–Crippen MR) is 111 cm³/mol. The van der Waals surface area contributed by atoms with Crippen LogP contribution in [-0.2, 0) is 5.41 Å². The van der Waals surface area contributed by atoms with Crippen LogP contribution in [0.2, 0.25) is 0 Å². The summed E-state index contributed by atoms with van der Waals surface area (Å²) in [5, 5.41) is 9.15. The van der Waals surface area contributed by atoms with Gasteiger partial charge in [-0.2, -0.15) is 9.68 Å². The lowest BCUT2D eigenvalue weighted by Crippen LogP contribution is -2.30. The Morgan fingerprint density at radius 2 is 1.62 bits per heavy atom. The van der Waals surface area contributed by atoms with E-state index in [1.54, 1.807) is 0 Å². The quantitative estimate of drug-likeness (QED) is 0.373. The fourth-order valence-electron chi connectivity index (χ4n) is 3.82. The summed E-state index contributed by atoms with van der Waals surface area (Å²) in [5.41, 5.74) is 4.83. The smallest absolute Gasteiger partial charge is 0.212 e. The molecule has 0 atom stereocenters. The number of para-hydroxylation sites is 1. The number of fused-ring (bicyclic) bond motifs is 2. The van der Waals surface area contributed by atoms with Gasteiger partial charge in [0.05, 0.1) is 11.1 Å². The van der Waals surface area contributed by atoms with Crippen LogP contribution in [0.3, 0.4) is 0 Å². The number of rotatable bonds is 3. The van der Waals surface area contributed by atoms with Crippen LogP contribution in [0.4, 0.5) is 11.4 Å². The molecule has 1 aliphatic heterocycles. The second kappa shape index (κ2) is 6.10. The van der Waals surface area contributed by atoms with Crippen LogP contribution in [-0.4, -0.2) is 30.6 Å². The molecular weight excluding hydrogens is 318 g/mol. The van der Waals surface area contributed by atoms with Crippen LogP contribution in [0.15, 0.2) is 71.8 Å². The molecule has 3 aromatic rings. The summed E-state index contributed by atoms with van der Waals surface area (Å²) in [5.74, 6) is 0. The minimum atomic E-state index is -0.0565. The van der Waals surface area contributed by atoms with E-state index in [2.05, 4.69) is 92.2 Å². The molecule has 0 spiro atoms. The summed E-state index contributed by atoms with van der Waals surface area (Å²) in [6.07, 6.45) is 2.00. The maximum atomic E-state index is 4.74. The molecule has 0 unspecified atom stereocenters. The van der Waals surface area contributed by atoms with Crippen molar-refractivity contribution < 1.29 is 4.58 Å². The standard InChI is InChI=1S/C23H24N3/c1-23(2)20-11-7-8-12-21(20)25(3)22(23)16-24-26(4)19-14-13-17-9-5-6-10-18(17)15-19/h5-16H,1-4H3/q+1. The third-order valence-corrected chi connectivity index (χ3v) is 5.40. The van der Waals surface area contributed by atoms with Gasteiger partial charge in [-0.05, 0) is 36.8 Å². The number of nitrogens with zero attached hydrogens (tertiary/aromatic N) is 3. The van der Waals surface area contributed by atoms with Crippen molar-refractivity contribution in [3.8, 4) is 0 Å². The minimum absolute atomic E-state index is 0.0565. The average Bonchev–Trinajstić information content (AvgIpc) is 2.86.